The van der Waals surface area contributed by atoms with E-state index in [9.17, 15) is 5.11 Å². The van der Waals surface area contributed by atoms with Gasteiger partial charge in [-0.15, -0.1) is 12.4 Å². The van der Waals surface area contributed by atoms with Gasteiger partial charge >= 0.3 is 0 Å². The second-order valence-corrected chi connectivity index (χ2v) is 5.19. The fraction of sp³-hybridized carbons (Fsp3) is 0.600. The van der Waals surface area contributed by atoms with Gasteiger partial charge in [0.25, 0.3) is 0 Å². The molecule has 0 unspecified atom stereocenters. The zero-order valence-electron chi connectivity index (χ0n) is 12.1. The molecular formula is C15H23ClN2O3. The minimum absolute atomic E-state index is 0. The van der Waals surface area contributed by atoms with E-state index in [1.807, 2.05) is 12.1 Å². The molecule has 118 valence electrons. The molecule has 5 nitrogen and oxygen atoms in total. The third-order valence-corrected chi connectivity index (χ3v) is 3.95. The molecular weight excluding hydrogens is 292 g/mol. The Balaban J connectivity index is 0.00000161. The molecule has 0 aliphatic carbocycles. The van der Waals surface area contributed by atoms with E-state index >= 15 is 0 Å². The predicted octanol–water partition coefficient (Wildman–Crippen LogP) is 1.21. The molecule has 6 heteroatoms. The number of aliphatic hydroxyl groups is 1. The summed E-state index contributed by atoms with van der Waals surface area (Å²) >= 11 is 0. The second kappa shape index (κ2) is 7.84. The first-order chi connectivity index (χ1) is 9.90. The number of para-hydroxylation sites is 1. The Kier molecular flexibility index (Phi) is 6.11. The quantitative estimate of drug-likeness (QED) is 0.875. The van der Waals surface area contributed by atoms with Gasteiger partial charge in [0.05, 0.1) is 0 Å². The van der Waals surface area contributed by atoms with Crippen molar-refractivity contribution in [2.45, 2.75) is 12.5 Å². The van der Waals surface area contributed by atoms with Crippen LogP contribution in [-0.2, 0) is 0 Å². The van der Waals surface area contributed by atoms with E-state index in [4.69, 9.17) is 9.47 Å². The van der Waals surface area contributed by atoms with Crippen LogP contribution in [0.2, 0.25) is 0 Å². The maximum Gasteiger partial charge on any atom is 0.166 e. The van der Waals surface area contributed by atoms with Crippen LogP contribution in [0.25, 0.3) is 0 Å². The normalized spacial score (nSPS) is 19.7. The fourth-order valence-corrected chi connectivity index (χ4v) is 3.01. The Hall–Kier alpha value is -1.01. The first-order valence-electron chi connectivity index (χ1n) is 7.34. The number of fused-ring (bicyclic) bond motifs is 1. The topological polar surface area (TPSA) is 54.0 Å². The molecule has 0 saturated carbocycles. The summed E-state index contributed by atoms with van der Waals surface area (Å²) in [7, 11) is 0. The van der Waals surface area contributed by atoms with Gasteiger partial charge in [-0.2, -0.15) is 0 Å². The number of halogens is 1. The summed E-state index contributed by atoms with van der Waals surface area (Å²) in [4.78, 5) is 2.42. The van der Waals surface area contributed by atoms with Crippen LogP contribution in [0.1, 0.15) is 18.0 Å². The Morgan fingerprint density at radius 2 is 1.95 bits per heavy atom. The highest BCUT2D eigenvalue weighted by Crippen LogP contribution is 2.40. The number of hydrogen-bond acceptors (Lipinski definition) is 5. The number of aliphatic hydroxyl groups excluding tert-OH is 1. The Morgan fingerprint density at radius 1 is 1.19 bits per heavy atom. The van der Waals surface area contributed by atoms with Gasteiger partial charge in [-0.3, -0.25) is 4.90 Å². The lowest BCUT2D eigenvalue weighted by Crippen LogP contribution is -2.45. The number of ether oxygens (including phenoxy) is 2. The summed E-state index contributed by atoms with van der Waals surface area (Å²) in [5.74, 6) is 1.68. The van der Waals surface area contributed by atoms with E-state index in [0.29, 0.717) is 13.2 Å². The zero-order chi connectivity index (χ0) is 13.8. The smallest absolute Gasteiger partial charge is 0.166 e. The molecule has 1 atom stereocenters. The lowest BCUT2D eigenvalue weighted by molar-refractivity contribution is 0.129. The van der Waals surface area contributed by atoms with Crippen molar-refractivity contribution in [1.29, 1.82) is 0 Å². The number of piperazine rings is 1. The molecule has 0 bridgehead atoms. The van der Waals surface area contributed by atoms with Crippen molar-refractivity contribution >= 4 is 12.4 Å². The third kappa shape index (κ3) is 3.61. The molecule has 2 N–H and O–H groups in total. The van der Waals surface area contributed by atoms with Gasteiger partial charge in [0.2, 0.25) is 0 Å². The van der Waals surface area contributed by atoms with Crippen molar-refractivity contribution in [3.63, 3.8) is 0 Å². The van der Waals surface area contributed by atoms with Crippen LogP contribution in [0.5, 0.6) is 11.5 Å². The molecule has 3 rings (SSSR count). The molecule has 2 aliphatic heterocycles. The molecule has 2 heterocycles. The zero-order valence-corrected chi connectivity index (χ0v) is 12.9. The van der Waals surface area contributed by atoms with Gasteiger partial charge < -0.3 is 19.9 Å². The van der Waals surface area contributed by atoms with E-state index in [2.05, 4.69) is 16.3 Å². The minimum atomic E-state index is 0. The van der Waals surface area contributed by atoms with Gasteiger partial charge in [-0.1, -0.05) is 12.1 Å². The molecule has 0 radical (unpaired) electrons. The Bertz CT molecular complexity index is 453. The van der Waals surface area contributed by atoms with E-state index in [1.165, 1.54) is 0 Å². The van der Waals surface area contributed by atoms with Crippen LogP contribution in [0, 0.1) is 0 Å². The van der Waals surface area contributed by atoms with Crippen molar-refractivity contribution < 1.29 is 14.6 Å². The van der Waals surface area contributed by atoms with Crippen molar-refractivity contribution in [3.8, 4) is 11.5 Å². The van der Waals surface area contributed by atoms with E-state index in [-0.39, 0.29) is 25.1 Å². The van der Waals surface area contributed by atoms with Crippen LogP contribution in [0.15, 0.2) is 18.2 Å². The Labute approximate surface area is 131 Å². The molecule has 1 aromatic rings. The molecule has 21 heavy (non-hydrogen) atoms. The number of hydrogen-bond donors (Lipinski definition) is 2. The molecule has 0 aromatic heterocycles. The van der Waals surface area contributed by atoms with Crippen LogP contribution in [0.4, 0.5) is 0 Å². The SMILES string of the molecule is Cl.OCC[C@H](c1cccc2c1OCCO2)N1CCNCC1. The molecule has 1 fully saturated rings. The highest BCUT2D eigenvalue weighted by molar-refractivity contribution is 5.85. The number of benzene rings is 1. The number of nitrogens with one attached hydrogen (secondary N) is 1. The lowest BCUT2D eigenvalue weighted by atomic mass is 9.99. The average molecular weight is 315 g/mol. The van der Waals surface area contributed by atoms with E-state index in [1.54, 1.807) is 0 Å². The number of rotatable bonds is 4. The summed E-state index contributed by atoms with van der Waals surface area (Å²) in [6, 6.07) is 6.25. The summed E-state index contributed by atoms with van der Waals surface area (Å²) in [5, 5.41) is 12.8. The van der Waals surface area contributed by atoms with Crippen LogP contribution >= 0.6 is 12.4 Å². The lowest BCUT2D eigenvalue weighted by Gasteiger charge is -2.36. The van der Waals surface area contributed by atoms with Gasteiger partial charge in [0.15, 0.2) is 11.5 Å². The first-order valence-corrected chi connectivity index (χ1v) is 7.34. The highest BCUT2D eigenvalue weighted by atomic mass is 35.5. The standard InChI is InChI=1S/C15H22N2O3.ClH/c18-9-4-13(17-7-5-16-6-8-17)12-2-1-3-14-15(12)20-11-10-19-14;/h1-3,13,16,18H,4-11H2;1H/t13-;/m1./s1. The largest absolute Gasteiger partial charge is 0.486 e. The number of nitrogens with zero attached hydrogens (tertiary/aromatic N) is 1. The third-order valence-electron chi connectivity index (χ3n) is 3.95. The monoisotopic (exact) mass is 314 g/mol. The van der Waals surface area contributed by atoms with Crippen LogP contribution < -0.4 is 14.8 Å². The van der Waals surface area contributed by atoms with Gasteiger partial charge in [-0.05, 0) is 12.5 Å². The molecule has 1 saturated heterocycles. The van der Waals surface area contributed by atoms with Gasteiger partial charge in [0.1, 0.15) is 13.2 Å². The fourth-order valence-electron chi connectivity index (χ4n) is 3.01. The molecule has 2 aliphatic rings. The highest BCUT2D eigenvalue weighted by Gasteiger charge is 2.27. The maximum absolute atomic E-state index is 9.42. The van der Waals surface area contributed by atoms with Crippen molar-refractivity contribution in [3.05, 3.63) is 23.8 Å². The summed E-state index contributed by atoms with van der Waals surface area (Å²) in [6.45, 7) is 5.36. The Morgan fingerprint density at radius 3 is 2.71 bits per heavy atom. The van der Waals surface area contributed by atoms with Crippen molar-refractivity contribution in [2.24, 2.45) is 0 Å². The van der Waals surface area contributed by atoms with E-state index < -0.39 is 0 Å². The van der Waals surface area contributed by atoms with Crippen LogP contribution in [0.3, 0.4) is 0 Å². The van der Waals surface area contributed by atoms with E-state index in [0.717, 1.165) is 49.7 Å². The predicted molar refractivity (Wildman–Crippen MR) is 83.6 cm³/mol. The summed E-state index contributed by atoms with van der Waals surface area (Å²) in [6.07, 6.45) is 0.722. The first kappa shape index (κ1) is 16.4. The molecule has 1 aromatic carbocycles. The van der Waals surface area contributed by atoms with Crippen molar-refractivity contribution in [2.75, 3.05) is 46.0 Å². The van der Waals surface area contributed by atoms with Gasteiger partial charge in [0, 0.05) is 44.4 Å². The van der Waals surface area contributed by atoms with Crippen molar-refractivity contribution in [1.82, 2.24) is 10.2 Å². The second-order valence-electron chi connectivity index (χ2n) is 5.19. The van der Waals surface area contributed by atoms with Crippen LogP contribution in [-0.4, -0.2) is 56.0 Å². The van der Waals surface area contributed by atoms with Gasteiger partial charge in [-0.25, -0.2) is 0 Å². The summed E-state index contributed by atoms with van der Waals surface area (Å²) in [5.41, 5.74) is 1.14. The maximum atomic E-state index is 9.42. The minimum Gasteiger partial charge on any atom is -0.486 e. The average Bonchev–Trinajstić information content (AvgIpc) is 2.53. The summed E-state index contributed by atoms with van der Waals surface area (Å²) < 4.78 is 11.5. The molecule has 0 amide bonds. The molecule has 0 spiro atoms.